The van der Waals surface area contributed by atoms with E-state index in [2.05, 4.69) is 30.1 Å². The highest BCUT2D eigenvalue weighted by atomic mass is 16.5. The molecule has 0 aromatic heterocycles. The molecule has 0 saturated carbocycles. The molecule has 21 heavy (non-hydrogen) atoms. The summed E-state index contributed by atoms with van der Waals surface area (Å²) in [6, 6.07) is -0.768. The molecule has 0 spiro atoms. The average Bonchev–Trinajstić information content (AvgIpc) is 2.46. The fourth-order valence-electron chi connectivity index (χ4n) is 1.79. The largest absolute Gasteiger partial charge is 0.464 e. The quantitative estimate of drug-likeness (QED) is 0.258. The van der Waals surface area contributed by atoms with Gasteiger partial charge in [-0.2, -0.15) is 0 Å². The van der Waals surface area contributed by atoms with E-state index < -0.39 is 18.1 Å². The summed E-state index contributed by atoms with van der Waals surface area (Å²) < 4.78 is 9.68. The fourth-order valence-corrected chi connectivity index (χ4v) is 1.79. The Morgan fingerprint density at radius 1 is 1.14 bits per heavy atom. The highest BCUT2D eigenvalue weighted by Crippen LogP contribution is 2.06. The van der Waals surface area contributed by atoms with E-state index in [-0.39, 0.29) is 0 Å². The second-order valence-corrected chi connectivity index (χ2v) is 4.73. The van der Waals surface area contributed by atoms with Crippen molar-refractivity contribution in [2.24, 2.45) is 0 Å². The van der Waals surface area contributed by atoms with Crippen molar-refractivity contribution in [1.29, 1.82) is 0 Å². The highest BCUT2D eigenvalue weighted by molar-refractivity contribution is 5.81. The minimum atomic E-state index is -0.768. The number of alkyl carbamates (subject to hydrolysis) is 1. The van der Waals surface area contributed by atoms with E-state index in [0.29, 0.717) is 13.0 Å². The Morgan fingerprint density at radius 3 is 2.43 bits per heavy atom. The zero-order valence-corrected chi connectivity index (χ0v) is 12.9. The van der Waals surface area contributed by atoms with Crippen LogP contribution in [0.1, 0.15) is 51.9 Å². The minimum absolute atomic E-state index is 0.293. The maximum absolute atomic E-state index is 11.8. The van der Waals surface area contributed by atoms with E-state index in [4.69, 9.17) is 4.74 Å². The molecule has 5 heteroatoms. The lowest BCUT2D eigenvalue weighted by Crippen LogP contribution is -2.41. The zero-order valence-electron chi connectivity index (χ0n) is 12.9. The average molecular weight is 297 g/mol. The van der Waals surface area contributed by atoms with E-state index in [1.165, 1.54) is 19.3 Å². The molecule has 0 saturated heterocycles. The van der Waals surface area contributed by atoms with Gasteiger partial charge in [-0.25, -0.2) is 9.59 Å². The Kier molecular flexibility index (Phi) is 12.1. The van der Waals surface area contributed by atoms with E-state index in [0.717, 1.165) is 25.5 Å². The molecule has 0 heterocycles. The first kappa shape index (κ1) is 19.2. The summed E-state index contributed by atoms with van der Waals surface area (Å²) in [5.41, 5.74) is 0. The zero-order chi connectivity index (χ0) is 15.9. The Labute approximate surface area is 127 Å². The van der Waals surface area contributed by atoms with Gasteiger partial charge in [-0.05, 0) is 12.8 Å². The predicted molar refractivity (Wildman–Crippen MR) is 82.8 cm³/mol. The number of carbonyl (C=O) groups is 2. The number of nitrogens with one attached hydrogen (secondary N) is 1. The summed E-state index contributed by atoms with van der Waals surface area (Å²) in [5, 5.41) is 2.41. The van der Waals surface area contributed by atoms with E-state index in [1.54, 1.807) is 6.08 Å². The number of amides is 1. The molecule has 0 rings (SSSR count). The molecular weight excluding hydrogens is 270 g/mol. The van der Waals surface area contributed by atoms with Crippen LogP contribution in [0.3, 0.4) is 0 Å². The monoisotopic (exact) mass is 297 g/mol. The predicted octanol–water partition coefficient (Wildman–Crippen LogP) is 3.70. The van der Waals surface area contributed by atoms with Crippen LogP contribution in [0.5, 0.6) is 0 Å². The number of carbonyl (C=O) groups excluding carboxylic acids is 2. The van der Waals surface area contributed by atoms with E-state index in [1.807, 2.05) is 0 Å². The number of rotatable bonds is 12. The van der Waals surface area contributed by atoms with Crippen LogP contribution in [0.2, 0.25) is 0 Å². The molecule has 1 unspecified atom stereocenters. The normalized spacial score (nSPS) is 11.3. The first-order valence-electron chi connectivity index (χ1n) is 7.51. The Balaban J connectivity index is 3.92. The van der Waals surface area contributed by atoms with Crippen LogP contribution in [0.15, 0.2) is 25.5 Å². The standard InChI is InChI=1S/C16H27NO4/c1-4-7-8-9-10-11-13-21-15(18)14(12-5-2)17-16(19)20-6-3/h5-6,14H,2-4,7-13H2,1H3,(H,17,19). The van der Waals surface area contributed by atoms with Crippen LogP contribution in [-0.4, -0.2) is 24.7 Å². The van der Waals surface area contributed by atoms with Gasteiger partial charge >= 0.3 is 12.1 Å². The first-order chi connectivity index (χ1) is 10.2. The fraction of sp³-hybridized carbons (Fsp3) is 0.625. The molecule has 0 fully saturated rings. The number of hydrogen-bond acceptors (Lipinski definition) is 4. The first-order valence-corrected chi connectivity index (χ1v) is 7.51. The van der Waals surface area contributed by atoms with Gasteiger partial charge in [0.25, 0.3) is 0 Å². The van der Waals surface area contributed by atoms with Crippen molar-refractivity contribution in [3.63, 3.8) is 0 Å². The molecule has 0 bridgehead atoms. The van der Waals surface area contributed by atoms with Gasteiger partial charge < -0.3 is 14.8 Å². The molecule has 0 radical (unpaired) electrons. The summed E-state index contributed by atoms with van der Waals surface area (Å²) >= 11 is 0. The summed E-state index contributed by atoms with van der Waals surface area (Å²) in [7, 11) is 0. The minimum Gasteiger partial charge on any atom is -0.464 e. The lowest BCUT2D eigenvalue weighted by Gasteiger charge is -2.15. The Hall–Kier alpha value is -1.78. The van der Waals surface area contributed by atoms with Gasteiger partial charge in [-0.3, -0.25) is 0 Å². The molecule has 0 aliphatic heterocycles. The lowest BCUT2D eigenvalue weighted by molar-refractivity contribution is -0.146. The van der Waals surface area contributed by atoms with Gasteiger partial charge in [-0.15, -0.1) is 6.58 Å². The molecule has 0 aromatic rings. The van der Waals surface area contributed by atoms with Crippen LogP contribution in [-0.2, 0) is 14.3 Å². The van der Waals surface area contributed by atoms with Crippen LogP contribution >= 0.6 is 0 Å². The van der Waals surface area contributed by atoms with Crippen LogP contribution in [0.4, 0.5) is 4.79 Å². The summed E-state index contributed by atoms with van der Waals surface area (Å²) in [6.45, 7) is 9.37. The molecule has 0 aromatic carbocycles. The van der Waals surface area contributed by atoms with Crippen molar-refractivity contribution in [2.45, 2.75) is 57.9 Å². The maximum Gasteiger partial charge on any atom is 0.412 e. The van der Waals surface area contributed by atoms with Gasteiger partial charge in [-0.1, -0.05) is 51.7 Å². The smallest absolute Gasteiger partial charge is 0.412 e. The van der Waals surface area contributed by atoms with Crippen LogP contribution in [0.25, 0.3) is 0 Å². The molecule has 5 nitrogen and oxygen atoms in total. The van der Waals surface area contributed by atoms with Crippen molar-refractivity contribution < 1.29 is 19.1 Å². The molecule has 0 aliphatic carbocycles. The second kappa shape index (κ2) is 13.2. The third-order valence-corrected chi connectivity index (χ3v) is 2.91. The number of ether oxygens (including phenoxy) is 2. The van der Waals surface area contributed by atoms with Gasteiger partial charge in [0.15, 0.2) is 0 Å². The second-order valence-electron chi connectivity index (χ2n) is 4.73. The molecular formula is C16H27NO4. The van der Waals surface area contributed by atoms with E-state index >= 15 is 0 Å². The lowest BCUT2D eigenvalue weighted by atomic mass is 10.1. The molecule has 1 amide bonds. The third kappa shape index (κ3) is 10.6. The van der Waals surface area contributed by atoms with Gasteiger partial charge in [0, 0.05) is 0 Å². The van der Waals surface area contributed by atoms with Crippen molar-refractivity contribution in [3.05, 3.63) is 25.5 Å². The number of hydrogen-bond donors (Lipinski definition) is 1. The SMILES string of the molecule is C=CCC(NC(=O)OC=C)C(=O)OCCCCCCCC. The summed E-state index contributed by atoms with van der Waals surface area (Å²) in [6.07, 6.45) is 8.84. The van der Waals surface area contributed by atoms with Gasteiger partial charge in [0.2, 0.25) is 0 Å². The maximum atomic E-state index is 11.8. The molecule has 120 valence electrons. The number of unbranched alkanes of at least 4 members (excludes halogenated alkanes) is 5. The van der Waals surface area contributed by atoms with Crippen molar-refractivity contribution in [2.75, 3.05) is 6.61 Å². The summed E-state index contributed by atoms with van der Waals surface area (Å²) in [5.74, 6) is -0.468. The Bertz CT molecular complexity index is 328. The molecule has 1 N–H and O–H groups in total. The van der Waals surface area contributed by atoms with Gasteiger partial charge in [0.1, 0.15) is 6.04 Å². The van der Waals surface area contributed by atoms with E-state index in [9.17, 15) is 9.59 Å². The van der Waals surface area contributed by atoms with Crippen molar-refractivity contribution in [1.82, 2.24) is 5.32 Å². The summed E-state index contributed by atoms with van der Waals surface area (Å²) in [4.78, 5) is 23.1. The van der Waals surface area contributed by atoms with Gasteiger partial charge in [0.05, 0.1) is 12.9 Å². The topological polar surface area (TPSA) is 64.6 Å². The number of esters is 1. The van der Waals surface area contributed by atoms with Crippen LogP contribution < -0.4 is 5.32 Å². The molecule has 1 atom stereocenters. The van der Waals surface area contributed by atoms with Crippen molar-refractivity contribution in [3.8, 4) is 0 Å². The molecule has 0 aliphatic rings. The van der Waals surface area contributed by atoms with Crippen LogP contribution in [0, 0.1) is 0 Å². The third-order valence-electron chi connectivity index (χ3n) is 2.91. The highest BCUT2D eigenvalue weighted by Gasteiger charge is 2.21. The van der Waals surface area contributed by atoms with Crippen molar-refractivity contribution >= 4 is 12.1 Å². The Morgan fingerprint density at radius 2 is 1.81 bits per heavy atom.